The van der Waals surface area contributed by atoms with Crippen LogP contribution in [-0.4, -0.2) is 6.79 Å². The lowest BCUT2D eigenvalue weighted by Crippen LogP contribution is -2.02. The first kappa shape index (κ1) is 13.0. The standard InChI is InChI=1S/C14H10ClF2NO2/c15-9-4-8(5-12-14(9)20-7-19-12)6-18-11-3-1-2-10(16)13(11)17/h1-5,18H,6-7H2. The fourth-order valence-corrected chi connectivity index (χ4v) is 2.25. The molecule has 0 spiro atoms. The smallest absolute Gasteiger partial charge is 0.231 e. The second-order valence-corrected chi connectivity index (χ2v) is 4.67. The maximum Gasteiger partial charge on any atom is 0.231 e. The van der Waals surface area contributed by atoms with Gasteiger partial charge in [0, 0.05) is 6.54 Å². The highest BCUT2D eigenvalue weighted by Gasteiger charge is 2.18. The molecule has 0 atom stereocenters. The summed E-state index contributed by atoms with van der Waals surface area (Å²) < 4.78 is 37.0. The zero-order valence-corrected chi connectivity index (χ0v) is 11.0. The van der Waals surface area contributed by atoms with E-state index in [0.717, 1.165) is 11.6 Å². The molecule has 0 saturated heterocycles. The maximum absolute atomic E-state index is 13.5. The lowest BCUT2D eigenvalue weighted by Gasteiger charge is -2.09. The van der Waals surface area contributed by atoms with Gasteiger partial charge in [-0.1, -0.05) is 17.7 Å². The molecular formula is C14H10ClF2NO2. The molecular weight excluding hydrogens is 288 g/mol. The van der Waals surface area contributed by atoms with Crippen molar-refractivity contribution in [3.8, 4) is 11.5 Å². The molecule has 0 aromatic heterocycles. The van der Waals surface area contributed by atoms with Gasteiger partial charge in [0.1, 0.15) is 0 Å². The third-order valence-electron chi connectivity index (χ3n) is 2.92. The van der Waals surface area contributed by atoms with Crippen molar-refractivity contribution in [3.05, 3.63) is 52.6 Å². The number of hydrogen-bond donors (Lipinski definition) is 1. The van der Waals surface area contributed by atoms with E-state index in [1.807, 2.05) is 0 Å². The molecule has 1 heterocycles. The van der Waals surface area contributed by atoms with Crippen molar-refractivity contribution in [2.45, 2.75) is 6.54 Å². The fourth-order valence-electron chi connectivity index (χ4n) is 1.96. The van der Waals surface area contributed by atoms with Gasteiger partial charge in [0.05, 0.1) is 10.7 Å². The number of nitrogens with one attached hydrogen (secondary N) is 1. The minimum atomic E-state index is -0.903. The van der Waals surface area contributed by atoms with E-state index in [1.54, 1.807) is 12.1 Å². The summed E-state index contributed by atoms with van der Waals surface area (Å²) in [6.07, 6.45) is 0. The Bertz CT molecular complexity index is 664. The summed E-state index contributed by atoms with van der Waals surface area (Å²) in [6.45, 7) is 0.418. The van der Waals surface area contributed by atoms with Crippen molar-refractivity contribution in [1.82, 2.24) is 0 Å². The van der Waals surface area contributed by atoms with Gasteiger partial charge in [0.2, 0.25) is 6.79 Å². The SMILES string of the molecule is Fc1cccc(NCc2cc(Cl)c3c(c2)OCO3)c1F. The van der Waals surface area contributed by atoms with Crippen molar-refractivity contribution < 1.29 is 18.3 Å². The van der Waals surface area contributed by atoms with Crippen LogP contribution in [0.15, 0.2) is 30.3 Å². The zero-order valence-electron chi connectivity index (χ0n) is 10.3. The monoisotopic (exact) mass is 297 g/mol. The van der Waals surface area contributed by atoms with Crippen LogP contribution >= 0.6 is 11.6 Å². The Morgan fingerprint density at radius 1 is 1.20 bits per heavy atom. The molecule has 6 heteroatoms. The number of ether oxygens (including phenoxy) is 2. The molecule has 1 aliphatic rings. The quantitative estimate of drug-likeness (QED) is 0.930. The Labute approximate surface area is 119 Å². The highest BCUT2D eigenvalue weighted by atomic mass is 35.5. The molecule has 2 aromatic rings. The van der Waals surface area contributed by atoms with Gasteiger partial charge in [-0.2, -0.15) is 0 Å². The van der Waals surface area contributed by atoms with E-state index in [4.69, 9.17) is 21.1 Å². The van der Waals surface area contributed by atoms with Crippen LogP contribution in [0.1, 0.15) is 5.56 Å². The first-order valence-electron chi connectivity index (χ1n) is 5.91. The van der Waals surface area contributed by atoms with Gasteiger partial charge < -0.3 is 14.8 Å². The lowest BCUT2D eigenvalue weighted by molar-refractivity contribution is 0.174. The van der Waals surface area contributed by atoms with Gasteiger partial charge in [-0.3, -0.25) is 0 Å². The highest BCUT2D eigenvalue weighted by Crippen LogP contribution is 2.39. The van der Waals surface area contributed by atoms with Crippen molar-refractivity contribution in [3.63, 3.8) is 0 Å². The van der Waals surface area contributed by atoms with Gasteiger partial charge in [-0.15, -0.1) is 0 Å². The molecule has 3 rings (SSSR count). The van der Waals surface area contributed by atoms with E-state index in [9.17, 15) is 8.78 Å². The largest absolute Gasteiger partial charge is 0.454 e. The van der Waals surface area contributed by atoms with Gasteiger partial charge in [-0.05, 0) is 29.8 Å². The Balaban J connectivity index is 1.79. The summed E-state index contributed by atoms with van der Waals surface area (Å²) >= 11 is 6.05. The Morgan fingerprint density at radius 2 is 2.05 bits per heavy atom. The summed E-state index contributed by atoms with van der Waals surface area (Å²) in [5.41, 5.74) is 0.877. The van der Waals surface area contributed by atoms with E-state index in [1.165, 1.54) is 12.1 Å². The molecule has 0 unspecified atom stereocenters. The van der Waals surface area contributed by atoms with Crippen LogP contribution in [0.3, 0.4) is 0 Å². The van der Waals surface area contributed by atoms with Crippen LogP contribution in [0, 0.1) is 11.6 Å². The molecule has 2 aromatic carbocycles. The number of fused-ring (bicyclic) bond motifs is 1. The minimum Gasteiger partial charge on any atom is -0.454 e. The first-order chi connectivity index (χ1) is 9.65. The van der Waals surface area contributed by atoms with Crippen LogP contribution in [0.25, 0.3) is 0 Å². The minimum absolute atomic E-state index is 0.0961. The average molecular weight is 298 g/mol. The van der Waals surface area contributed by atoms with Crippen molar-refractivity contribution >= 4 is 17.3 Å². The predicted octanol–water partition coefficient (Wildman–Crippen LogP) is 3.96. The first-order valence-corrected chi connectivity index (χ1v) is 6.29. The fraction of sp³-hybridized carbons (Fsp3) is 0.143. The number of benzene rings is 2. The lowest BCUT2D eigenvalue weighted by atomic mass is 10.2. The number of halogens is 3. The Morgan fingerprint density at radius 3 is 2.90 bits per heavy atom. The molecule has 0 radical (unpaired) electrons. The molecule has 1 aliphatic heterocycles. The van der Waals surface area contributed by atoms with Gasteiger partial charge >= 0.3 is 0 Å². The molecule has 0 saturated carbocycles. The van der Waals surface area contributed by atoms with Gasteiger partial charge in [0.15, 0.2) is 23.1 Å². The molecule has 0 amide bonds. The summed E-state index contributed by atoms with van der Waals surface area (Å²) in [5, 5.41) is 3.25. The van der Waals surface area contributed by atoms with E-state index < -0.39 is 11.6 Å². The topological polar surface area (TPSA) is 30.5 Å². The third-order valence-corrected chi connectivity index (χ3v) is 3.20. The van der Waals surface area contributed by atoms with Crippen LogP contribution < -0.4 is 14.8 Å². The van der Waals surface area contributed by atoms with Crippen LogP contribution in [0.4, 0.5) is 14.5 Å². The Kier molecular flexibility index (Phi) is 3.36. The second-order valence-electron chi connectivity index (χ2n) is 4.27. The normalized spacial score (nSPS) is 12.6. The summed E-state index contributed by atoms with van der Waals surface area (Å²) in [5.74, 6) is -0.737. The van der Waals surface area contributed by atoms with Crippen molar-refractivity contribution in [2.24, 2.45) is 0 Å². The average Bonchev–Trinajstić information content (AvgIpc) is 2.89. The molecule has 20 heavy (non-hydrogen) atoms. The summed E-state index contributed by atoms with van der Waals surface area (Å²) in [4.78, 5) is 0. The molecule has 1 N–H and O–H groups in total. The van der Waals surface area contributed by atoms with Crippen LogP contribution in [-0.2, 0) is 6.54 Å². The van der Waals surface area contributed by atoms with Crippen LogP contribution in [0.5, 0.6) is 11.5 Å². The Hall–Kier alpha value is -2.01. The molecule has 0 fully saturated rings. The maximum atomic E-state index is 13.5. The summed E-state index contributed by atoms with van der Waals surface area (Å²) in [6, 6.07) is 7.41. The third kappa shape index (κ3) is 2.36. The molecule has 0 bridgehead atoms. The van der Waals surface area contributed by atoms with E-state index >= 15 is 0 Å². The predicted molar refractivity (Wildman–Crippen MR) is 71.3 cm³/mol. The molecule has 104 valence electrons. The molecule has 0 aliphatic carbocycles. The van der Waals surface area contributed by atoms with Gasteiger partial charge in [-0.25, -0.2) is 8.78 Å². The second kappa shape index (κ2) is 5.17. The van der Waals surface area contributed by atoms with Gasteiger partial charge in [0.25, 0.3) is 0 Å². The van der Waals surface area contributed by atoms with Crippen LogP contribution in [0.2, 0.25) is 5.02 Å². The van der Waals surface area contributed by atoms with E-state index in [0.29, 0.717) is 16.5 Å². The molecule has 3 nitrogen and oxygen atoms in total. The number of anilines is 1. The number of rotatable bonds is 3. The van der Waals surface area contributed by atoms with Crippen molar-refractivity contribution in [2.75, 3.05) is 12.1 Å². The van der Waals surface area contributed by atoms with E-state index in [2.05, 4.69) is 5.32 Å². The van der Waals surface area contributed by atoms with Crippen molar-refractivity contribution in [1.29, 1.82) is 0 Å². The zero-order chi connectivity index (χ0) is 14.1. The highest BCUT2D eigenvalue weighted by molar-refractivity contribution is 6.32. The number of hydrogen-bond acceptors (Lipinski definition) is 3. The summed E-state index contributed by atoms with van der Waals surface area (Å²) in [7, 11) is 0. The van der Waals surface area contributed by atoms with E-state index in [-0.39, 0.29) is 19.0 Å².